The van der Waals surface area contributed by atoms with E-state index in [2.05, 4.69) is 9.97 Å². The number of allylic oxidation sites excluding steroid dienone is 2. The SMILES string of the molecule is C/C=C\C(CC)(Cc1cnc2c(ccc3cccnc32)c1)c1c(F)c(F)c(C(C)(CCC)CCC)c(F)c1F. The van der Waals surface area contributed by atoms with E-state index < -0.39 is 45.2 Å². The topological polar surface area (TPSA) is 25.8 Å². The highest BCUT2D eigenvalue weighted by molar-refractivity contribution is 6.02. The molecule has 4 aromatic rings. The van der Waals surface area contributed by atoms with Gasteiger partial charge < -0.3 is 0 Å². The third kappa shape index (κ3) is 5.06. The normalized spacial score (nSPS) is 14.0. The molecule has 1 unspecified atom stereocenters. The first kappa shape index (κ1) is 28.7. The van der Waals surface area contributed by atoms with Crippen molar-refractivity contribution in [3.63, 3.8) is 0 Å². The smallest absolute Gasteiger partial charge is 0.166 e. The molecule has 1 atom stereocenters. The van der Waals surface area contributed by atoms with Crippen LogP contribution in [-0.2, 0) is 17.3 Å². The largest absolute Gasteiger partial charge is 0.254 e. The van der Waals surface area contributed by atoms with Crippen LogP contribution in [0.2, 0.25) is 0 Å². The molecule has 0 fully saturated rings. The quantitative estimate of drug-likeness (QED) is 0.0873. The molecular formula is C33H36F4N2. The van der Waals surface area contributed by atoms with Crippen LogP contribution in [-0.4, -0.2) is 9.97 Å². The zero-order valence-electron chi connectivity index (χ0n) is 23.3. The number of aromatic nitrogens is 2. The van der Waals surface area contributed by atoms with Crippen molar-refractivity contribution >= 4 is 21.8 Å². The number of halogens is 4. The molecule has 2 aromatic carbocycles. The molecule has 4 rings (SSSR count). The maximum absolute atomic E-state index is 16.0. The molecule has 39 heavy (non-hydrogen) atoms. The summed E-state index contributed by atoms with van der Waals surface area (Å²) in [5.41, 5.74) is -1.21. The van der Waals surface area contributed by atoms with Crippen molar-refractivity contribution in [3.8, 4) is 0 Å². The minimum absolute atomic E-state index is 0.115. The van der Waals surface area contributed by atoms with Gasteiger partial charge in [0.05, 0.1) is 11.0 Å². The van der Waals surface area contributed by atoms with E-state index in [9.17, 15) is 0 Å². The van der Waals surface area contributed by atoms with Crippen molar-refractivity contribution in [2.24, 2.45) is 0 Å². The Morgan fingerprint density at radius 1 is 0.795 bits per heavy atom. The molecule has 2 heterocycles. The summed E-state index contributed by atoms with van der Waals surface area (Å²) in [7, 11) is 0. The molecular weight excluding hydrogens is 500 g/mol. The lowest BCUT2D eigenvalue weighted by molar-refractivity contribution is 0.322. The van der Waals surface area contributed by atoms with E-state index >= 15 is 17.6 Å². The van der Waals surface area contributed by atoms with E-state index in [-0.39, 0.29) is 12.8 Å². The third-order valence-electron chi connectivity index (χ3n) is 8.08. The number of benzene rings is 2. The number of fused-ring (bicyclic) bond motifs is 3. The van der Waals surface area contributed by atoms with E-state index in [1.54, 1.807) is 45.3 Å². The predicted molar refractivity (Wildman–Crippen MR) is 151 cm³/mol. The Balaban J connectivity index is 1.89. The summed E-state index contributed by atoms with van der Waals surface area (Å²) in [5, 5.41) is 1.78. The Morgan fingerprint density at radius 2 is 1.38 bits per heavy atom. The summed E-state index contributed by atoms with van der Waals surface area (Å²) in [5.74, 6) is -5.20. The van der Waals surface area contributed by atoms with Gasteiger partial charge in [0.1, 0.15) is 0 Å². The van der Waals surface area contributed by atoms with Gasteiger partial charge in [-0.3, -0.25) is 9.97 Å². The van der Waals surface area contributed by atoms with Crippen LogP contribution in [0.5, 0.6) is 0 Å². The number of pyridine rings is 2. The third-order valence-corrected chi connectivity index (χ3v) is 8.08. The van der Waals surface area contributed by atoms with Gasteiger partial charge in [-0.05, 0) is 55.7 Å². The van der Waals surface area contributed by atoms with Crippen molar-refractivity contribution < 1.29 is 17.6 Å². The summed E-state index contributed by atoms with van der Waals surface area (Å²) < 4.78 is 63.7. The van der Waals surface area contributed by atoms with Crippen molar-refractivity contribution in [2.45, 2.75) is 84.0 Å². The molecule has 0 aliphatic carbocycles. The van der Waals surface area contributed by atoms with Crippen LogP contribution in [0.25, 0.3) is 21.8 Å². The van der Waals surface area contributed by atoms with Gasteiger partial charge in [-0.25, -0.2) is 17.6 Å². The van der Waals surface area contributed by atoms with Crippen LogP contribution in [0.3, 0.4) is 0 Å². The molecule has 0 saturated carbocycles. The fourth-order valence-electron chi connectivity index (χ4n) is 6.29. The molecule has 0 bridgehead atoms. The lowest BCUT2D eigenvalue weighted by atomic mass is 9.70. The highest BCUT2D eigenvalue weighted by Crippen LogP contribution is 2.44. The lowest BCUT2D eigenvalue weighted by Gasteiger charge is -2.35. The molecule has 0 aliphatic rings. The van der Waals surface area contributed by atoms with Crippen LogP contribution in [0.15, 0.2) is 54.9 Å². The highest BCUT2D eigenvalue weighted by atomic mass is 19.2. The van der Waals surface area contributed by atoms with Crippen molar-refractivity contribution in [1.82, 2.24) is 9.97 Å². The molecule has 2 nitrogen and oxygen atoms in total. The molecule has 0 spiro atoms. The van der Waals surface area contributed by atoms with Crippen LogP contribution in [0, 0.1) is 23.3 Å². The van der Waals surface area contributed by atoms with Crippen molar-refractivity contribution in [1.29, 1.82) is 0 Å². The first-order valence-corrected chi connectivity index (χ1v) is 13.8. The predicted octanol–water partition coefficient (Wildman–Crippen LogP) is 9.66. The Labute approximate surface area is 228 Å². The summed E-state index contributed by atoms with van der Waals surface area (Å²) in [4.78, 5) is 9.07. The Morgan fingerprint density at radius 3 is 1.97 bits per heavy atom. The average molecular weight is 537 g/mol. The second-order valence-electron chi connectivity index (χ2n) is 10.8. The Kier molecular flexibility index (Phi) is 8.43. The molecule has 206 valence electrons. The number of hydrogen-bond donors (Lipinski definition) is 0. The fourth-order valence-corrected chi connectivity index (χ4v) is 6.29. The van der Waals surface area contributed by atoms with Crippen molar-refractivity contribution in [2.75, 3.05) is 0 Å². The second-order valence-corrected chi connectivity index (χ2v) is 10.8. The Hall–Kier alpha value is -3.28. The summed E-state index contributed by atoms with van der Waals surface area (Å²) in [6.07, 6.45) is 9.14. The molecule has 6 heteroatoms. The minimum atomic E-state index is -1.32. The number of rotatable bonds is 10. The standard InChI is InChI=1S/C33H36F4N2/c1-6-14-32(5,15-7-2)24-26(34)28(36)25(29(37)27(24)35)33(9-4,16-8-3)19-21-18-23-13-12-22-11-10-17-38-30(22)31(23)39-20-21/h8,10-13,16-18,20H,6-7,9,14-15,19H2,1-5H3/b16-8-. The van der Waals surface area contributed by atoms with E-state index in [1.807, 2.05) is 44.2 Å². The van der Waals surface area contributed by atoms with Crippen LogP contribution < -0.4 is 0 Å². The van der Waals surface area contributed by atoms with Crippen molar-refractivity contribution in [3.05, 3.63) is 94.8 Å². The van der Waals surface area contributed by atoms with Crippen LogP contribution in [0.4, 0.5) is 17.6 Å². The maximum atomic E-state index is 16.0. The molecule has 0 radical (unpaired) electrons. The van der Waals surface area contributed by atoms with E-state index in [4.69, 9.17) is 0 Å². The van der Waals surface area contributed by atoms with Crippen LogP contribution in [0.1, 0.15) is 83.4 Å². The van der Waals surface area contributed by atoms with Gasteiger partial charge in [-0.1, -0.05) is 70.9 Å². The second kappa shape index (κ2) is 11.4. The van der Waals surface area contributed by atoms with Crippen LogP contribution >= 0.6 is 0 Å². The summed E-state index contributed by atoms with van der Waals surface area (Å²) in [6.45, 7) is 8.99. The monoisotopic (exact) mass is 536 g/mol. The molecule has 2 aromatic heterocycles. The molecule has 0 saturated heterocycles. The van der Waals surface area contributed by atoms with Gasteiger partial charge in [0.25, 0.3) is 0 Å². The number of hydrogen-bond acceptors (Lipinski definition) is 2. The maximum Gasteiger partial charge on any atom is 0.166 e. The van der Waals surface area contributed by atoms with Gasteiger partial charge in [-0.2, -0.15) is 0 Å². The van der Waals surface area contributed by atoms with E-state index in [0.717, 1.165) is 21.8 Å². The first-order chi connectivity index (χ1) is 18.7. The van der Waals surface area contributed by atoms with Gasteiger partial charge in [0.15, 0.2) is 23.3 Å². The zero-order valence-corrected chi connectivity index (χ0v) is 23.3. The number of nitrogens with zero attached hydrogens (tertiary/aromatic N) is 2. The van der Waals surface area contributed by atoms with Gasteiger partial charge in [0, 0.05) is 39.7 Å². The zero-order chi connectivity index (χ0) is 28.4. The first-order valence-electron chi connectivity index (χ1n) is 13.8. The Bertz CT molecular complexity index is 1490. The summed E-state index contributed by atoms with van der Waals surface area (Å²) >= 11 is 0. The minimum Gasteiger partial charge on any atom is -0.254 e. The fraction of sp³-hybridized carbons (Fsp3) is 0.394. The summed E-state index contributed by atoms with van der Waals surface area (Å²) in [6, 6.07) is 9.59. The van der Waals surface area contributed by atoms with Gasteiger partial charge in [-0.15, -0.1) is 0 Å². The van der Waals surface area contributed by atoms with Gasteiger partial charge >= 0.3 is 0 Å². The van der Waals surface area contributed by atoms with Gasteiger partial charge in [0.2, 0.25) is 0 Å². The molecule has 0 aliphatic heterocycles. The van der Waals surface area contributed by atoms with E-state index in [1.165, 1.54) is 0 Å². The highest BCUT2D eigenvalue weighted by Gasteiger charge is 2.42. The average Bonchev–Trinajstić information content (AvgIpc) is 2.92. The lowest BCUT2D eigenvalue weighted by Crippen LogP contribution is -2.33. The molecule has 0 amide bonds. The molecule has 0 N–H and O–H groups in total. The van der Waals surface area contributed by atoms with E-state index in [0.29, 0.717) is 31.2 Å².